The minimum atomic E-state index is -0.0837. The minimum absolute atomic E-state index is 0.0531. The molecule has 3 heterocycles. The van der Waals surface area contributed by atoms with Crippen molar-refractivity contribution in [2.45, 2.75) is 6.92 Å². The van der Waals surface area contributed by atoms with Gasteiger partial charge in [-0.1, -0.05) is 18.2 Å². The van der Waals surface area contributed by atoms with Crippen LogP contribution in [-0.2, 0) is 0 Å². The Kier molecular flexibility index (Phi) is 5.08. The number of nitrogens with zero attached hydrogens (tertiary/aromatic N) is 5. The predicted molar refractivity (Wildman–Crippen MR) is 109 cm³/mol. The maximum Gasteiger partial charge on any atom is 0.274 e. The molecule has 2 saturated heterocycles. The van der Waals surface area contributed by atoms with Gasteiger partial charge in [0.2, 0.25) is 0 Å². The third-order valence-electron chi connectivity index (χ3n) is 6.00. The highest BCUT2D eigenvalue weighted by atomic mass is 16.2. The molecule has 1 spiro atoms. The van der Waals surface area contributed by atoms with E-state index >= 15 is 0 Å². The highest BCUT2D eigenvalue weighted by Gasteiger charge is 2.56. The predicted octanol–water partition coefficient (Wildman–Crippen LogP) is 1.56. The molecule has 0 N–H and O–H groups in total. The number of aromatic nitrogens is 2. The molecule has 2 aliphatic rings. The van der Waals surface area contributed by atoms with E-state index < -0.39 is 0 Å². The quantitative estimate of drug-likeness (QED) is 0.789. The lowest BCUT2D eigenvalue weighted by Gasteiger charge is -2.51. The van der Waals surface area contributed by atoms with E-state index in [-0.39, 0.29) is 17.2 Å². The van der Waals surface area contributed by atoms with Crippen LogP contribution in [0.3, 0.4) is 0 Å². The van der Waals surface area contributed by atoms with Crippen LogP contribution >= 0.6 is 0 Å². The minimum Gasteiger partial charge on any atom is -0.338 e. The Hall–Kier alpha value is -2.80. The second-order valence-corrected chi connectivity index (χ2v) is 8.58. The summed E-state index contributed by atoms with van der Waals surface area (Å²) in [4.78, 5) is 40.1. The smallest absolute Gasteiger partial charge is 0.274 e. The largest absolute Gasteiger partial charge is 0.338 e. The van der Waals surface area contributed by atoms with Gasteiger partial charge in [0.15, 0.2) is 0 Å². The van der Waals surface area contributed by atoms with Gasteiger partial charge in [0.25, 0.3) is 11.8 Å². The maximum absolute atomic E-state index is 13.0. The van der Waals surface area contributed by atoms with E-state index in [1.807, 2.05) is 47.1 Å². The van der Waals surface area contributed by atoms with E-state index in [1.165, 1.54) is 0 Å². The van der Waals surface area contributed by atoms with Crippen molar-refractivity contribution in [2.75, 3.05) is 46.8 Å². The zero-order valence-corrected chi connectivity index (χ0v) is 17.2. The zero-order valence-electron chi connectivity index (χ0n) is 17.2. The Bertz CT molecular complexity index is 891. The van der Waals surface area contributed by atoms with Gasteiger partial charge in [-0.2, -0.15) is 0 Å². The Labute approximate surface area is 171 Å². The number of hydrogen-bond acceptors (Lipinski definition) is 5. The van der Waals surface area contributed by atoms with Crippen LogP contribution in [0.5, 0.6) is 0 Å². The van der Waals surface area contributed by atoms with Gasteiger partial charge < -0.3 is 14.7 Å². The van der Waals surface area contributed by atoms with Crippen molar-refractivity contribution >= 4 is 11.8 Å². The van der Waals surface area contributed by atoms with Crippen molar-refractivity contribution < 1.29 is 9.59 Å². The van der Waals surface area contributed by atoms with Crippen LogP contribution in [0.25, 0.3) is 0 Å². The first-order valence-electron chi connectivity index (χ1n) is 9.95. The van der Waals surface area contributed by atoms with Crippen molar-refractivity contribution in [3.63, 3.8) is 0 Å². The average Bonchev–Trinajstić information content (AvgIpc) is 3.05. The lowest BCUT2D eigenvalue weighted by atomic mass is 9.71. The maximum atomic E-state index is 13.0. The molecule has 0 aliphatic carbocycles. The zero-order chi connectivity index (χ0) is 20.6. The van der Waals surface area contributed by atoms with Crippen molar-refractivity contribution in [3.8, 4) is 0 Å². The lowest BCUT2D eigenvalue weighted by Crippen LogP contribution is -2.63. The van der Waals surface area contributed by atoms with Crippen LogP contribution < -0.4 is 0 Å². The van der Waals surface area contributed by atoms with Crippen molar-refractivity contribution in [1.82, 2.24) is 24.7 Å². The first kappa shape index (κ1) is 19.5. The summed E-state index contributed by atoms with van der Waals surface area (Å²) in [5.41, 5.74) is 1.83. The van der Waals surface area contributed by atoms with Gasteiger partial charge in [-0.25, -0.2) is 4.98 Å². The first-order valence-corrected chi connectivity index (χ1v) is 9.95. The number of aryl methyl sites for hydroxylation is 1. The molecule has 2 aromatic rings. The molecule has 1 aromatic heterocycles. The Balaban J connectivity index is 1.49. The number of rotatable bonds is 4. The standard InChI is InChI=1S/C22H27N5O2/c1-16-9-24-19(10-23-16)21(29)27-14-22(15-27)13-26(12-18(22)11-25(2)3)20(28)17-7-5-4-6-8-17/h4-10,18H,11-15H2,1-3H3. The summed E-state index contributed by atoms with van der Waals surface area (Å²) in [5, 5.41) is 0. The molecule has 0 radical (unpaired) electrons. The van der Waals surface area contributed by atoms with Gasteiger partial charge in [-0.05, 0) is 39.1 Å². The van der Waals surface area contributed by atoms with Crippen molar-refractivity contribution in [3.05, 3.63) is 59.7 Å². The fourth-order valence-electron chi connectivity index (χ4n) is 4.52. The highest BCUT2D eigenvalue weighted by molar-refractivity contribution is 5.95. The Morgan fingerprint density at radius 3 is 2.34 bits per heavy atom. The first-order chi connectivity index (χ1) is 13.9. The molecule has 2 fully saturated rings. The van der Waals surface area contributed by atoms with E-state index in [2.05, 4.69) is 29.0 Å². The molecular weight excluding hydrogens is 366 g/mol. The van der Waals surface area contributed by atoms with E-state index in [0.717, 1.165) is 24.3 Å². The third kappa shape index (κ3) is 3.74. The monoisotopic (exact) mass is 393 g/mol. The van der Waals surface area contributed by atoms with E-state index in [1.54, 1.807) is 12.4 Å². The molecule has 0 saturated carbocycles. The molecule has 29 heavy (non-hydrogen) atoms. The van der Waals surface area contributed by atoms with Crippen LogP contribution in [0.1, 0.15) is 26.5 Å². The SMILES string of the molecule is Cc1cnc(C(=O)N2CC3(CN(C(=O)c4ccccc4)CC3CN(C)C)C2)cn1. The molecule has 1 aromatic carbocycles. The highest BCUT2D eigenvalue weighted by Crippen LogP contribution is 2.45. The summed E-state index contributed by atoms with van der Waals surface area (Å²) >= 11 is 0. The molecule has 7 heteroatoms. The normalized spacial score (nSPS) is 20.2. The van der Waals surface area contributed by atoms with E-state index in [9.17, 15) is 9.59 Å². The summed E-state index contributed by atoms with van der Waals surface area (Å²) in [7, 11) is 4.11. The van der Waals surface area contributed by atoms with Crippen LogP contribution in [0.2, 0.25) is 0 Å². The number of likely N-dealkylation sites (tertiary alicyclic amines) is 2. The average molecular weight is 393 g/mol. The topological polar surface area (TPSA) is 69.6 Å². The number of carbonyl (C=O) groups is 2. The number of benzene rings is 1. The summed E-state index contributed by atoms with van der Waals surface area (Å²) in [6.07, 6.45) is 3.16. The van der Waals surface area contributed by atoms with Gasteiger partial charge in [0.1, 0.15) is 5.69 Å². The fourth-order valence-corrected chi connectivity index (χ4v) is 4.52. The molecule has 152 valence electrons. The number of amides is 2. The summed E-state index contributed by atoms with van der Waals surface area (Å²) in [6, 6.07) is 9.42. The Morgan fingerprint density at radius 1 is 1.03 bits per heavy atom. The molecule has 2 aliphatic heterocycles. The molecule has 0 bridgehead atoms. The third-order valence-corrected chi connectivity index (χ3v) is 6.00. The van der Waals surface area contributed by atoms with Crippen LogP contribution in [0.4, 0.5) is 0 Å². The molecule has 2 amide bonds. The molecule has 1 atom stereocenters. The summed E-state index contributed by atoms with van der Waals surface area (Å²) in [6.45, 7) is 5.45. The van der Waals surface area contributed by atoms with Gasteiger partial charge >= 0.3 is 0 Å². The van der Waals surface area contributed by atoms with Gasteiger partial charge in [-0.15, -0.1) is 0 Å². The fraction of sp³-hybridized carbons (Fsp3) is 0.455. The molecule has 4 rings (SSSR count). The van der Waals surface area contributed by atoms with Crippen LogP contribution in [0, 0.1) is 18.3 Å². The lowest BCUT2D eigenvalue weighted by molar-refractivity contribution is -0.0151. The summed E-state index contributed by atoms with van der Waals surface area (Å²) in [5.74, 6) is 0.318. The molecule has 7 nitrogen and oxygen atoms in total. The van der Waals surface area contributed by atoms with Gasteiger partial charge in [0.05, 0.1) is 11.9 Å². The van der Waals surface area contributed by atoms with Gasteiger partial charge in [0, 0.05) is 49.9 Å². The second-order valence-electron chi connectivity index (χ2n) is 8.58. The Morgan fingerprint density at radius 2 is 1.72 bits per heavy atom. The second kappa shape index (κ2) is 7.55. The van der Waals surface area contributed by atoms with Crippen molar-refractivity contribution in [1.29, 1.82) is 0 Å². The van der Waals surface area contributed by atoms with E-state index in [4.69, 9.17) is 0 Å². The van der Waals surface area contributed by atoms with E-state index in [0.29, 0.717) is 31.2 Å². The van der Waals surface area contributed by atoms with Crippen molar-refractivity contribution in [2.24, 2.45) is 11.3 Å². The molecule has 1 unspecified atom stereocenters. The number of carbonyl (C=O) groups excluding carboxylic acids is 2. The van der Waals surface area contributed by atoms with Gasteiger partial charge in [-0.3, -0.25) is 14.6 Å². The van der Waals surface area contributed by atoms with Crippen LogP contribution in [-0.4, -0.2) is 83.3 Å². The number of hydrogen-bond donors (Lipinski definition) is 0. The molecular formula is C22H27N5O2. The summed E-state index contributed by atoms with van der Waals surface area (Å²) < 4.78 is 0. The van der Waals surface area contributed by atoms with Crippen LogP contribution in [0.15, 0.2) is 42.7 Å².